The minimum Gasteiger partial charge on any atom is -0.373 e. The summed E-state index contributed by atoms with van der Waals surface area (Å²) in [6.07, 6.45) is 5.20. The fourth-order valence-corrected chi connectivity index (χ4v) is 3.54. The Kier molecular flexibility index (Phi) is 5.01. The number of hydrogen-bond donors (Lipinski definition) is 1. The van der Waals surface area contributed by atoms with Crippen molar-refractivity contribution in [1.82, 2.24) is 24.6 Å². The van der Waals surface area contributed by atoms with Crippen molar-refractivity contribution in [2.45, 2.75) is 45.6 Å². The number of anilines is 1. The van der Waals surface area contributed by atoms with Crippen LogP contribution in [-0.2, 0) is 18.3 Å². The molecule has 1 N–H and O–H groups in total. The van der Waals surface area contributed by atoms with Crippen LogP contribution in [0.4, 0.5) is 5.82 Å². The molecule has 0 spiro atoms. The third-order valence-electron chi connectivity index (χ3n) is 4.75. The van der Waals surface area contributed by atoms with Crippen LogP contribution >= 0.6 is 0 Å². The van der Waals surface area contributed by atoms with Gasteiger partial charge >= 0.3 is 0 Å². The van der Waals surface area contributed by atoms with Crippen molar-refractivity contribution in [2.75, 3.05) is 18.9 Å². The molecule has 0 saturated carbocycles. The van der Waals surface area contributed by atoms with Gasteiger partial charge in [0.1, 0.15) is 11.6 Å². The summed E-state index contributed by atoms with van der Waals surface area (Å²) in [5.74, 6) is 1.72. The number of hydrogen-bond acceptors (Lipinski definition) is 5. The Morgan fingerprint density at radius 1 is 1.36 bits per heavy atom. The predicted molar refractivity (Wildman–Crippen MR) is 96.3 cm³/mol. The first-order valence-electron chi connectivity index (χ1n) is 8.80. The molecule has 7 nitrogen and oxygen atoms in total. The summed E-state index contributed by atoms with van der Waals surface area (Å²) in [6, 6.07) is 2.01. The highest BCUT2D eigenvalue weighted by molar-refractivity contribution is 5.77. The van der Waals surface area contributed by atoms with Crippen molar-refractivity contribution >= 4 is 11.7 Å². The Balaban J connectivity index is 1.71. The van der Waals surface area contributed by atoms with E-state index < -0.39 is 0 Å². The molecule has 0 aliphatic carbocycles. The van der Waals surface area contributed by atoms with Gasteiger partial charge in [0.25, 0.3) is 0 Å². The number of nitrogens with zero attached hydrogens (tertiary/aromatic N) is 5. The third-order valence-corrected chi connectivity index (χ3v) is 4.75. The molecule has 0 bridgehead atoms. The Labute approximate surface area is 148 Å². The fraction of sp³-hybridized carbons (Fsp3) is 0.556. The number of rotatable bonds is 5. The zero-order chi connectivity index (χ0) is 18.0. The molecule has 3 heterocycles. The van der Waals surface area contributed by atoms with Crippen LogP contribution in [0, 0.1) is 13.8 Å². The van der Waals surface area contributed by atoms with Gasteiger partial charge in [0, 0.05) is 39.3 Å². The van der Waals surface area contributed by atoms with Gasteiger partial charge in [-0.3, -0.25) is 9.48 Å². The van der Waals surface area contributed by atoms with E-state index in [-0.39, 0.29) is 11.9 Å². The van der Waals surface area contributed by atoms with Crippen LogP contribution in [-0.4, -0.2) is 44.1 Å². The molecule has 1 amide bonds. The van der Waals surface area contributed by atoms with Gasteiger partial charge in [0.15, 0.2) is 0 Å². The summed E-state index contributed by atoms with van der Waals surface area (Å²) in [6.45, 7) is 4.67. The van der Waals surface area contributed by atoms with Crippen molar-refractivity contribution in [2.24, 2.45) is 7.05 Å². The Bertz CT molecular complexity index is 769. The summed E-state index contributed by atoms with van der Waals surface area (Å²) >= 11 is 0. The quantitative estimate of drug-likeness (QED) is 0.901. The number of likely N-dealkylation sites (tertiary alicyclic amines) is 1. The van der Waals surface area contributed by atoms with Crippen LogP contribution < -0.4 is 5.32 Å². The highest BCUT2D eigenvalue weighted by atomic mass is 16.2. The largest absolute Gasteiger partial charge is 0.373 e. The second kappa shape index (κ2) is 7.21. The highest BCUT2D eigenvalue weighted by Gasteiger charge is 2.31. The van der Waals surface area contributed by atoms with Crippen LogP contribution in [0.2, 0.25) is 0 Å². The molecule has 1 fully saturated rings. The summed E-state index contributed by atoms with van der Waals surface area (Å²) in [7, 11) is 3.75. The first kappa shape index (κ1) is 17.4. The first-order valence-corrected chi connectivity index (χ1v) is 8.80. The van der Waals surface area contributed by atoms with E-state index in [0.29, 0.717) is 6.42 Å². The van der Waals surface area contributed by atoms with Gasteiger partial charge in [0.2, 0.25) is 5.91 Å². The molecule has 1 atom stereocenters. The number of carbonyl (C=O) groups is 1. The molecule has 2 aromatic heterocycles. The number of carbonyl (C=O) groups excluding carboxylic acids is 1. The average molecular weight is 342 g/mol. The van der Waals surface area contributed by atoms with Gasteiger partial charge in [0.05, 0.1) is 17.4 Å². The summed E-state index contributed by atoms with van der Waals surface area (Å²) in [5.41, 5.74) is 3.07. The van der Waals surface area contributed by atoms with E-state index >= 15 is 0 Å². The van der Waals surface area contributed by atoms with Gasteiger partial charge in [-0.05, 0) is 38.7 Å². The monoisotopic (exact) mass is 342 g/mol. The lowest BCUT2D eigenvalue weighted by Gasteiger charge is -2.25. The van der Waals surface area contributed by atoms with E-state index in [0.717, 1.165) is 54.4 Å². The van der Waals surface area contributed by atoms with Crippen LogP contribution in [0.25, 0.3) is 0 Å². The van der Waals surface area contributed by atoms with Crippen molar-refractivity contribution in [3.05, 3.63) is 35.0 Å². The third kappa shape index (κ3) is 3.81. The summed E-state index contributed by atoms with van der Waals surface area (Å²) in [4.78, 5) is 23.7. The van der Waals surface area contributed by atoms with Crippen molar-refractivity contribution < 1.29 is 4.79 Å². The SMILES string of the molecule is CNc1cc([C@H]2CCCN2C(=O)CCc2cn(C)nc2C)nc(C)n1. The molecular weight excluding hydrogens is 316 g/mol. The van der Waals surface area contributed by atoms with E-state index in [2.05, 4.69) is 20.4 Å². The number of aromatic nitrogens is 4. The predicted octanol–water partition coefficient (Wildman–Crippen LogP) is 2.16. The van der Waals surface area contributed by atoms with Crippen LogP contribution in [0.1, 0.15) is 48.1 Å². The lowest BCUT2D eigenvalue weighted by molar-refractivity contribution is -0.132. The lowest BCUT2D eigenvalue weighted by Crippen LogP contribution is -2.31. The van der Waals surface area contributed by atoms with E-state index in [1.807, 2.05) is 45.1 Å². The van der Waals surface area contributed by atoms with E-state index in [1.54, 1.807) is 4.68 Å². The van der Waals surface area contributed by atoms with Gasteiger partial charge in [-0.15, -0.1) is 0 Å². The van der Waals surface area contributed by atoms with E-state index in [4.69, 9.17) is 0 Å². The Morgan fingerprint density at radius 3 is 2.84 bits per heavy atom. The molecule has 1 saturated heterocycles. The summed E-state index contributed by atoms with van der Waals surface area (Å²) < 4.78 is 1.80. The molecule has 2 aromatic rings. The fourth-order valence-electron chi connectivity index (χ4n) is 3.54. The molecule has 3 rings (SSSR count). The number of nitrogens with one attached hydrogen (secondary N) is 1. The Hall–Kier alpha value is -2.44. The minimum absolute atomic E-state index is 0.0521. The van der Waals surface area contributed by atoms with Crippen molar-refractivity contribution in [1.29, 1.82) is 0 Å². The molecule has 25 heavy (non-hydrogen) atoms. The van der Waals surface area contributed by atoms with Crippen LogP contribution in [0.5, 0.6) is 0 Å². The molecule has 7 heteroatoms. The van der Waals surface area contributed by atoms with E-state index in [1.165, 1.54) is 0 Å². The maximum absolute atomic E-state index is 12.8. The first-order chi connectivity index (χ1) is 12.0. The zero-order valence-corrected chi connectivity index (χ0v) is 15.4. The molecule has 0 radical (unpaired) electrons. The smallest absolute Gasteiger partial charge is 0.223 e. The molecule has 134 valence electrons. The summed E-state index contributed by atoms with van der Waals surface area (Å²) in [5, 5.41) is 7.41. The molecule has 0 unspecified atom stereocenters. The van der Waals surface area contributed by atoms with Gasteiger partial charge < -0.3 is 10.2 Å². The second-order valence-electron chi connectivity index (χ2n) is 6.63. The minimum atomic E-state index is 0.0521. The standard InChI is InChI=1S/C18H26N6O/c1-12-14(11-23(4)22-12)7-8-18(25)24-9-5-6-16(24)15-10-17(19-3)21-13(2)20-15/h10-11,16H,5-9H2,1-4H3,(H,19,20,21)/t16-/m1/s1. The van der Waals surface area contributed by atoms with Gasteiger partial charge in [-0.1, -0.05) is 0 Å². The topological polar surface area (TPSA) is 75.9 Å². The van der Waals surface area contributed by atoms with Gasteiger partial charge in [-0.25, -0.2) is 9.97 Å². The maximum Gasteiger partial charge on any atom is 0.223 e. The van der Waals surface area contributed by atoms with Crippen LogP contribution in [0.15, 0.2) is 12.3 Å². The van der Waals surface area contributed by atoms with E-state index in [9.17, 15) is 4.79 Å². The Morgan fingerprint density at radius 2 is 2.16 bits per heavy atom. The maximum atomic E-state index is 12.8. The van der Waals surface area contributed by atoms with Crippen molar-refractivity contribution in [3.63, 3.8) is 0 Å². The molecule has 1 aliphatic heterocycles. The van der Waals surface area contributed by atoms with Gasteiger partial charge in [-0.2, -0.15) is 5.10 Å². The van der Waals surface area contributed by atoms with Crippen molar-refractivity contribution in [3.8, 4) is 0 Å². The zero-order valence-electron chi connectivity index (χ0n) is 15.4. The molecule has 0 aromatic carbocycles. The molecular formula is C18H26N6O. The highest BCUT2D eigenvalue weighted by Crippen LogP contribution is 2.32. The van der Waals surface area contributed by atoms with Crippen LogP contribution in [0.3, 0.4) is 0 Å². The molecule has 1 aliphatic rings. The number of amides is 1. The average Bonchev–Trinajstić information content (AvgIpc) is 3.18. The normalized spacial score (nSPS) is 17.1. The lowest BCUT2D eigenvalue weighted by atomic mass is 10.1. The second-order valence-corrected chi connectivity index (χ2v) is 6.63. The number of aryl methyl sites for hydroxylation is 4.